The van der Waals surface area contributed by atoms with E-state index in [2.05, 4.69) is 11.4 Å². The van der Waals surface area contributed by atoms with Gasteiger partial charge in [0.2, 0.25) is 0 Å². The number of nitriles is 1. The van der Waals surface area contributed by atoms with Crippen molar-refractivity contribution in [3.8, 4) is 17.2 Å². The standard InChI is InChI=1S/C23H17ClN2O3/c1-15-12-17(24)10-11-21(15)26-22(27)14-29-23(28)20-9-5-4-8-19(20)18-7-3-2-6-16(18)13-25/h2-12H,14H2,1H3,(H,26,27). The van der Waals surface area contributed by atoms with E-state index in [4.69, 9.17) is 16.3 Å². The van der Waals surface area contributed by atoms with E-state index in [0.717, 1.165) is 5.56 Å². The Morgan fingerprint density at radius 1 is 1.03 bits per heavy atom. The number of rotatable bonds is 5. The van der Waals surface area contributed by atoms with Gasteiger partial charge >= 0.3 is 5.97 Å². The van der Waals surface area contributed by atoms with Crippen molar-refractivity contribution in [2.24, 2.45) is 0 Å². The number of halogens is 1. The minimum absolute atomic E-state index is 0.283. The quantitative estimate of drug-likeness (QED) is 0.608. The molecule has 0 aliphatic heterocycles. The first-order valence-corrected chi connectivity index (χ1v) is 9.19. The number of anilines is 1. The maximum Gasteiger partial charge on any atom is 0.339 e. The van der Waals surface area contributed by atoms with Crippen LogP contribution in [0.25, 0.3) is 11.1 Å². The highest BCUT2D eigenvalue weighted by Crippen LogP contribution is 2.27. The summed E-state index contributed by atoms with van der Waals surface area (Å²) in [4.78, 5) is 24.8. The van der Waals surface area contributed by atoms with Crippen molar-refractivity contribution in [3.63, 3.8) is 0 Å². The van der Waals surface area contributed by atoms with Gasteiger partial charge in [-0.15, -0.1) is 0 Å². The molecule has 3 aromatic rings. The zero-order chi connectivity index (χ0) is 20.8. The van der Waals surface area contributed by atoms with Crippen molar-refractivity contribution < 1.29 is 14.3 Å². The van der Waals surface area contributed by atoms with E-state index >= 15 is 0 Å². The molecule has 0 aromatic heterocycles. The molecule has 0 unspecified atom stereocenters. The van der Waals surface area contributed by atoms with Gasteiger partial charge in [0.1, 0.15) is 0 Å². The lowest BCUT2D eigenvalue weighted by Gasteiger charge is -2.12. The fourth-order valence-electron chi connectivity index (χ4n) is 2.87. The molecule has 0 aliphatic carbocycles. The van der Waals surface area contributed by atoms with Crippen LogP contribution in [0.1, 0.15) is 21.5 Å². The smallest absolute Gasteiger partial charge is 0.339 e. The summed E-state index contributed by atoms with van der Waals surface area (Å²) in [5.74, 6) is -1.10. The molecule has 3 rings (SSSR count). The van der Waals surface area contributed by atoms with Gasteiger partial charge in [0.05, 0.1) is 17.2 Å². The summed E-state index contributed by atoms with van der Waals surface area (Å²) < 4.78 is 5.20. The summed E-state index contributed by atoms with van der Waals surface area (Å²) in [7, 11) is 0. The van der Waals surface area contributed by atoms with E-state index in [1.807, 2.05) is 6.92 Å². The maximum absolute atomic E-state index is 12.6. The Bertz CT molecular complexity index is 1120. The molecule has 0 aliphatic rings. The summed E-state index contributed by atoms with van der Waals surface area (Å²) in [6.07, 6.45) is 0. The Labute approximate surface area is 173 Å². The second kappa shape index (κ2) is 9.05. The second-order valence-corrected chi connectivity index (χ2v) is 6.72. The predicted molar refractivity (Wildman–Crippen MR) is 112 cm³/mol. The number of benzene rings is 3. The number of aryl methyl sites for hydroxylation is 1. The van der Waals surface area contributed by atoms with Crippen LogP contribution >= 0.6 is 11.6 Å². The van der Waals surface area contributed by atoms with Gasteiger partial charge in [0.25, 0.3) is 5.91 Å². The molecule has 144 valence electrons. The Morgan fingerprint density at radius 3 is 2.45 bits per heavy atom. The lowest BCUT2D eigenvalue weighted by Crippen LogP contribution is -2.21. The molecule has 1 amide bonds. The van der Waals surface area contributed by atoms with Gasteiger partial charge in [-0.1, -0.05) is 48.0 Å². The average molecular weight is 405 g/mol. The van der Waals surface area contributed by atoms with Crippen molar-refractivity contribution in [1.82, 2.24) is 0 Å². The molecule has 3 aromatic carbocycles. The number of ether oxygens (including phenoxy) is 1. The minimum atomic E-state index is -0.642. The van der Waals surface area contributed by atoms with E-state index in [9.17, 15) is 14.9 Å². The monoisotopic (exact) mass is 404 g/mol. The van der Waals surface area contributed by atoms with Crippen molar-refractivity contribution in [3.05, 3.63) is 88.4 Å². The Hall–Kier alpha value is -3.62. The molecule has 0 radical (unpaired) electrons. The Balaban J connectivity index is 1.73. The largest absolute Gasteiger partial charge is 0.452 e. The number of amides is 1. The van der Waals surface area contributed by atoms with Crippen LogP contribution in [0.4, 0.5) is 5.69 Å². The highest BCUT2D eigenvalue weighted by atomic mass is 35.5. The molecule has 0 spiro atoms. The van der Waals surface area contributed by atoms with Gasteiger partial charge in [-0.25, -0.2) is 4.79 Å². The fraction of sp³-hybridized carbons (Fsp3) is 0.0870. The average Bonchev–Trinajstić information content (AvgIpc) is 2.74. The topological polar surface area (TPSA) is 79.2 Å². The predicted octanol–water partition coefficient (Wildman–Crippen LogP) is 4.98. The highest BCUT2D eigenvalue weighted by molar-refractivity contribution is 6.30. The fourth-order valence-corrected chi connectivity index (χ4v) is 3.10. The van der Waals surface area contributed by atoms with Crippen molar-refractivity contribution in [2.45, 2.75) is 6.92 Å². The van der Waals surface area contributed by atoms with E-state index < -0.39 is 18.5 Å². The third-order valence-corrected chi connectivity index (χ3v) is 4.52. The van der Waals surface area contributed by atoms with Crippen molar-refractivity contribution in [2.75, 3.05) is 11.9 Å². The molecule has 1 N–H and O–H groups in total. The maximum atomic E-state index is 12.6. The molecular formula is C23H17ClN2O3. The van der Waals surface area contributed by atoms with Gasteiger partial charge in [0, 0.05) is 16.3 Å². The van der Waals surface area contributed by atoms with Crippen molar-refractivity contribution in [1.29, 1.82) is 5.26 Å². The molecule has 0 saturated heterocycles. The van der Waals surface area contributed by atoms with Crippen LogP contribution in [0.5, 0.6) is 0 Å². The van der Waals surface area contributed by atoms with E-state index in [0.29, 0.717) is 27.4 Å². The van der Waals surface area contributed by atoms with Crippen molar-refractivity contribution >= 4 is 29.2 Å². The number of esters is 1. The van der Waals surface area contributed by atoms with Gasteiger partial charge in [-0.2, -0.15) is 5.26 Å². The first-order chi connectivity index (χ1) is 14.0. The lowest BCUT2D eigenvalue weighted by molar-refractivity contribution is -0.119. The summed E-state index contributed by atoms with van der Waals surface area (Å²) in [5, 5.41) is 12.6. The Kier molecular flexibility index (Phi) is 6.28. The number of hydrogen-bond donors (Lipinski definition) is 1. The van der Waals surface area contributed by atoms with Crippen LogP contribution in [0.2, 0.25) is 5.02 Å². The lowest BCUT2D eigenvalue weighted by atomic mass is 9.96. The number of nitrogens with one attached hydrogen (secondary N) is 1. The first kappa shape index (κ1) is 20.1. The van der Waals surface area contributed by atoms with Crippen LogP contribution in [0.3, 0.4) is 0 Å². The number of carbonyl (C=O) groups is 2. The van der Waals surface area contributed by atoms with Gasteiger partial charge in [0.15, 0.2) is 6.61 Å². The highest BCUT2D eigenvalue weighted by Gasteiger charge is 2.17. The third-order valence-electron chi connectivity index (χ3n) is 4.28. The number of nitrogens with zero attached hydrogens (tertiary/aromatic N) is 1. The van der Waals surface area contributed by atoms with E-state index in [1.54, 1.807) is 66.7 Å². The molecule has 0 saturated carbocycles. The van der Waals surface area contributed by atoms with Gasteiger partial charge < -0.3 is 10.1 Å². The van der Waals surface area contributed by atoms with Crippen LogP contribution in [-0.4, -0.2) is 18.5 Å². The van der Waals surface area contributed by atoms with Gasteiger partial charge in [-0.05, 0) is 48.4 Å². The molecule has 29 heavy (non-hydrogen) atoms. The number of carbonyl (C=O) groups excluding carboxylic acids is 2. The third kappa shape index (κ3) is 4.81. The van der Waals surface area contributed by atoms with Crippen LogP contribution < -0.4 is 5.32 Å². The molecule has 6 heteroatoms. The zero-order valence-electron chi connectivity index (χ0n) is 15.6. The molecule has 0 heterocycles. The molecular weight excluding hydrogens is 388 g/mol. The number of hydrogen-bond acceptors (Lipinski definition) is 4. The summed E-state index contributed by atoms with van der Waals surface area (Å²) in [6, 6.07) is 21.0. The molecule has 0 atom stereocenters. The summed E-state index contributed by atoms with van der Waals surface area (Å²) in [6.45, 7) is 1.38. The molecule has 0 bridgehead atoms. The Morgan fingerprint density at radius 2 is 1.72 bits per heavy atom. The minimum Gasteiger partial charge on any atom is -0.452 e. The zero-order valence-corrected chi connectivity index (χ0v) is 16.4. The SMILES string of the molecule is Cc1cc(Cl)ccc1NC(=O)COC(=O)c1ccccc1-c1ccccc1C#N. The second-order valence-electron chi connectivity index (χ2n) is 6.29. The molecule has 0 fully saturated rings. The van der Waals surface area contributed by atoms with E-state index in [1.165, 1.54) is 0 Å². The first-order valence-electron chi connectivity index (χ1n) is 8.81. The summed E-state index contributed by atoms with van der Waals surface area (Å²) in [5.41, 5.74) is 3.33. The van der Waals surface area contributed by atoms with Crippen LogP contribution in [0.15, 0.2) is 66.7 Å². The van der Waals surface area contributed by atoms with Crippen LogP contribution in [-0.2, 0) is 9.53 Å². The summed E-state index contributed by atoms with van der Waals surface area (Å²) >= 11 is 5.91. The van der Waals surface area contributed by atoms with Gasteiger partial charge in [-0.3, -0.25) is 4.79 Å². The van der Waals surface area contributed by atoms with E-state index in [-0.39, 0.29) is 5.56 Å². The molecule has 5 nitrogen and oxygen atoms in total. The van der Waals surface area contributed by atoms with Crippen LogP contribution in [0, 0.1) is 18.3 Å². The normalized spacial score (nSPS) is 10.1.